The van der Waals surface area contributed by atoms with E-state index in [0.717, 1.165) is 30.4 Å². The molecule has 2 rings (SSSR count). The number of aromatic nitrogens is 2. The molecule has 0 saturated carbocycles. The minimum atomic E-state index is -2.56. The number of amides is 1. The molecular weight excluding hydrogens is 254 g/mol. The summed E-state index contributed by atoms with van der Waals surface area (Å²) in [7, 11) is 0. The van der Waals surface area contributed by atoms with Crippen molar-refractivity contribution in [3.63, 3.8) is 0 Å². The maximum absolute atomic E-state index is 12.5. The number of carbonyl (C=O) groups excluding carboxylic acids is 1. The first-order valence-corrected chi connectivity index (χ1v) is 6.48. The van der Waals surface area contributed by atoms with Crippen molar-refractivity contribution in [1.82, 2.24) is 14.7 Å². The molecule has 5 nitrogen and oxygen atoms in total. The van der Waals surface area contributed by atoms with Crippen molar-refractivity contribution >= 4 is 11.6 Å². The first-order chi connectivity index (χ1) is 9.09. The van der Waals surface area contributed by atoms with E-state index in [9.17, 15) is 13.6 Å². The van der Waals surface area contributed by atoms with Crippen molar-refractivity contribution in [2.45, 2.75) is 38.7 Å². The summed E-state index contributed by atoms with van der Waals surface area (Å²) >= 11 is 0. The van der Waals surface area contributed by atoms with Crippen LogP contribution in [0.3, 0.4) is 0 Å². The van der Waals surface area contributed by atoms with Gasteiger partial charge in [0.1, 0.15) is 12.2 Å². The number of carbonyl (C=O) groups is 1. The minimum Gasteiger partial charge on any atom is -0.396 e. The Morgan fingerprint density at radius 2 is 1.95 bits per heavy atom. The monoisotopic (exact) mass is 272 g/mol. The number of likely N-dealkylation sites (tertiary alicyclic amines) is 1. The smallest absolute Gasteiger partial charge is 0.274 e. The van der Waals surface area contributed by atoms with Crippen molar-refractivity contribution in [2.24, 2.45) is 0 Å². The fourth-order valence-corrected chi connectivity index (χ4v) is 2.33. The fourth-order valence-electron chi connectivity index (χ4n) is 2.33. The number of halogens is 2. The van der Waals surface area contributed by atoms with Crippen LogP contribution < -0.4 is 5.73 Å². The van der Waals surface area contributed by atoms with Gasteiger partial charge in [-0.1, -0.05) is 12.8 Å². The van der Waals surface area contributed by atoms with Crippen LogP contribution in [0, 0.1) is 0 Å². The van der Waals surface area contributed by atoms with Crippen LogP contribution in [-0.4, -0.2) is 40.1 Å². The predicted octanol–water partition coefficient (Wildman–Crippen LogP) is 1.75. The second-order valence-corrected chi connectivity index (χ2v) is 4.73. The highest BCUT2D eigenvalue weighted by Crippen LogP contribution is 2.18. The van der Waals surface area contributed by atoms with Gasteiger partial charge >= 0.3 is 0 Å². The van der Waals surface area contributed by atoms with Crippen molar-refractivity contribution < 1.29 is 13.6 Å². The number of alkyl halides is 2. The van der Waals surface area contributed by atoms with E-state index in [1.54, 1.807) is 4.90 Å². The Labute approximate surface area is 110 Å². The van der Waals surface area contributed by atoms with Gasteiger partial charge in [-0.05, 0) is 12.8 Å². The Morgan fingerprint density at radius 1 is 1.32 bits per heavy atom. The molecule has 1 aromatic rings. The van der Waals surface area contributed by atoms with Crippen LogP contribution in [0.1, 0.15) is 36.2 Å². The summed E-state index contributed by atoms with van der Waals surface area (Å²) in [6.45, 7) is 0.697. The van der Waals surface area contributed by atoms with E-state index in [-0.39, 0.29) is 17.3 Å². The summed E-state index contributed by atoms with van der Waals surface area (Å²) in [5, 5.41) is 3.76. The van der Waals surface area contributed by atoms with Crippen molar-refractivity contribution in [3.05, 3.63) is 11.9 Å². The summed E-state index contributed by atoms with van der Waals surface area (Å²) in [6, 6.07) is 0. The summed E-state index contributed by atoms with van der Waals surface area (Å²) in [5.74, 6) is -0.294. The highest BCUT2D eigenvalue weighted by atomic mass is 19.3. The molecule has 1 aliphatic heterocycles. The standard InChI is InChI=1S/C12H18F2N4O/c13-10(14)8-18-11(9(15)7-16-18)12(19)17-5-3-1-2-4-6-17/h7,10H,1-6,8,15H2. The largest absolute Gasteiger partial charge is 0.396 e. The summed E-state index contributed by atoms with van der Waals surface area (Å²) in [6.07, 6.45) is 2.76. The lowest BCUT2D eigenvalue weighted by Gasteiger charge is -2.21. The van der Waals surface area contributed by atoms with E-state index in [1.807, 2.05) is 0 Å². The molecule has 1 fully saturated rings. The van der Waals surface area contributed by atoms with Crippen molar-refractivity contribution in [1.29, 1.82) is 0 Å². The second-order valence-electron chi connectivity index (χ2n) is 4.73. The third kappa shape index (κ3) is 3.21. The van der Waals surface area contributed by atoms with E-state index in [4.69, 9.17) is 5.73 Å². The molecule has 2 N–H and O–H groups in total. The molecule has 0 aromatic carbocycles. The Hall–Kier alpha value is -1.66. The van der Waals surface area contributed by atoms with Gasteiger partial charge in [-0.25, -0.2) is 8.78 Å². The molecule has 106 valence electrons. The molecule has 7 heteroatoms. The zero-order chi connectivity index (χ0) is 13.8. The van der Waals surface area contributed by atoms with Crippen molar-refractivity contribution in [2.75, 3.05) is 18.8 Å². The fraction of sp³-hybridized carbons (Fsp3) is 0.667. The SMILES string of the molecule is Nc1cnn(CC(F)F)c1C(=O)N1CCCCCC1. The van der Waals surface area contributed by atoms with Crippen LogP contribution in [0.2, 0.25) is 0 Å². The number of anilines is 1. The van der Waals surface area contributed by atoms with Crippen LogP contribution in [-0.2, 0) is 6.54 Å². The highest BCUT2D eigenvalue weighted by Gasteiger charge is 2.24. The van der Waals surface area contributed by atoms with E-state index < -0.39 is 13.0 Å². The summed E-state index contributed by atoms with van der Waals surface area (Å²) < 4.78 is 25.9. The summed E-state index contributed by atoms with van der Waals surface area (Å²) in [4.78, 5) is 14.1. The molecule has 0 unspecified atom stereocenters. The van der Waals surface area contributed by atoms with Gasteiger partial charge < -0.3 is 10.6 Å². The van der Waals surface area contributed by atoms with Gasteiger partial charge in [-0.2, -0.15) is 5.10 Å². The third-order valence-corrected chi connectivity index (χ3v) is 3.27. The Kier molecular flexibility index (Phi) is 4.34. The Morgan fingerprint density at radius 3 is 2.53 bits per heavy atom. The number of hydrogen-bond donors (Lipinski definition) is 1. The highest BCUT2D eigenvalue weighted by molar-refractivity contribution is 5.97. The molecule has 0 spiro atoms. The van der Waals surface area contributed by atoms with E-state index in [0.29, 0.717) is 13.1 Å². The Balaban J connectivity index is 2.19. The normalized spacial score (nSPS) is 16.7. The van der Waals surface area contributed by atoms with E-state index in [1.165, 1.54) is 6.20 Å². The van der Waals surface area contributed by atoms with Gasteiger partial charge in [-0.15, -0.1) is 0 Å². The molecule has 1 saturated heterocycles. The maximum Gasteiger partial charge on any atom is 0.274 e. The van der Waals surface area contributed by atoms with Gasteiger partial charge in [0.05, 0.1) is 11.9 Å². The lowest BCUT2D eigenvalue weighted by Crippen LogP contribution is -2.34. The first-order valence-electron chi connectivity index (χ1n) is 6.48. The predicted molar refractivity (Wildman–Crippen MR) is 67.0 cm³/mol. The number of rotatable bonds is 3. The number of nitrogen functional groups attached to an aromatic ring is 1. The lowest BCUT2D eigenvalue weighted by atomic mass is 10.2. The van der Waals surface area contributed by atoms with Crippen LogP contribution in [0.15, 0.2) is 6.20 Å². The van der Waals surface area contributed by atoms with Gasteiger partial charge in [-0.3, -0.25) is 9.48 Å². The zero-order valence-corrected chi connectivity index (χ0v) is 10.7. The Bertz CT molecular complexity index is 439. The molecule has 0 bridgehead atoms. The molecule has 0 radical (unpaired) electrons. The minimum absolute atomic E-state index is 0.0854. The van der Waals surface area contributed by atoms with Crippen LogP contribution >= 0.6 is 0 Å². The average molecular weight is 272 g/mol. The quantitative estimate of drug-likeness (QED) is 0.911. The van der Waals surface area contributed by atoms with Gasteiger partial charge in [0.25, 0.3) is 12.3 Å². The average Bonchev–Trinajstić information content (AvgIpc) is 2.58. The molecule has 19 heavy (non-hydrogen) atoms. The van der Waals surface area contributed by atoms with Crippen LogP contribution in [0.5, 0.6) is 0 Å². The maximum atomic E-state index is 12.5. The molecular formula is C12H18F2N4O. The van der Waals surface area contributed by atoms with Gasteiger partial charge in [0.15, 0.2) is 0 Å². The van der Waals surface area contributed by atoms with Gasteiger partial charge in [0, 0.05) is 13.1 Å². The van der Waals surface area contributed by atoms with E-state index >= 15 is 0 Å². The molecule has 0 aliphatic carbocycles. The molecule has 1 aromatic heterocycles. The number of hydrogen-bond acceptors (Lipinski definition) is 3. The van der Waals surface area contributed by atoms with Crippen LogP contribution in [0.25, 0.3) is 0 Å². The summed E-state index contributed by atoms with van der Waals surface area (Å²) in [5.41, 5.74) is 5.94. The zero-order valence-electron chi connectivity index (χ0n) is 10.7. The van der Waals surface area contributed by atoms with E-state index in [2.05, 4.69) is 5.10 Å². The second kappa shape index (κ2) is 5.99. The molecule has 0 atom stereocenters. The number of nitrogens with zero attached hydrogens (tertiary/aromatic N) is 3. The third-order valence-electron chi connectivity index (χ3n) is 3.27. The lowest BCUT2D eigenvalue weighted by molar-refractivity contribution is 0.0737. The topological polar surface area (TPSA) is 64.1 Å². The van der Waals surface area contributed by atoms with Crippen molar-refractivity contribution in [3.8, 4) is 0 Å². The molecule has 1 amide bonds. The van der Waals surface area contributed by atoms with Gasteiger partial charge in [0.2, 0.25) is 0 Å². The molecule has 2 heterocycles. The first kappa shape index (κ1) is 13.8. The number of nitrogens with two attached hydrogens (primary N) is 1. The molecule has 1 aliphatic rings. The van der Waals surface area contributed by atoms with Crippen LogP contribution in [0.4, 0.5) is 14.5 Å².